The van der Waals surface area contributed by atoms with Crippen molar-refractivity contribution in [1.29, 1.82) is 5.41 Å². The van der Waals surface area contributed by atoms with Crippen LogP contribution >= 0.6 is 11.3 Å². The van der Waals surface area contributed by atoms with E-state index in [2.05, 4.69) is 4.98 Å². The molecule has 1 aromatic heterocycles. The summed E-state index contributed by atoms with van der Waals surface area (Å²) in [5.41, 5.74) is 6.64. The van der Waals surface area contributed by atoms with Crippen LogP contribution in [0, 0.1) is 5.41 Å². The summed E-state index contributed by atoms with van der Waals surface area (Å²) in [6.45, 7) is 0. The van der Waals surface area contributed by atoms with E-state index in [1.807, 2.05) is 6.07 Å². The zero-order valence-electron chi connectivity index (χ0n) is 10.9. The first-order valence-corrected chi connectivity index (χ1v) is 6.97. The summed E-state index contributed by atoms with van der Waals surface area (Å²) in [6, 6.07) is 13.9. The minimum absolute atomic E-state index is 0.0703. The first kappa shape index (κ1) is 13.3. The van der Waals surface area contributed by atoms with Gasteiger partial charge in [0.25, 0.3) is 0 Å². The monoisotopic (exact) mass is 297 g/mol. The molecule has 6 heteroatoms. The number of carbonyl (C=O) groups excluding carboxylic acids is 1. The van der Waals surface area contributed by atoms with Gasteiger partial charge in [-0.15, -0.1) is 11.3 Å². The number of aromatic nitrogens is 1. The molecule has 0 atom stereocenters. The van der Waals surface area contributed by atoms with Crippen LogP contribution in [0.25, 0.3) is 10.2 Å². The van der Waals surface area contributed by atoms with Gasteiger partial charge in [0, 0.05) is 6.07 Å². The molecule has 2 aromatic carbocycles. The lowest BCUT2D eigenvalue weighted by Crippen LogP contribution is -2.09. The number of carbonyl (C=O) groups is 1. The van der Waals surface area contributed by atoms with Gasteiger partial charge in [-0.25, -0.2) is 9.78 Å². The predicted octanol–water partition coefficient (Wildman–Crippen LogP) is 2.80. The maximum absolute atomic E-state index is 12.0. The third-order valence-electron chi connectivity index (χ3n) is 2.81. The van der Waals surface area contributed by atoms with Crippen molar-refractivity contribution in [1.82, 2.24) is 4.98 Å². The van der Waals surface area contributed by atoms with Crippen molar-refractivity contribution in [2.45, 2.75) is 0 Å². The summed E-state index contributed by atoms with van der Waals surface area (Å²) in [6.07, 6.45) is 0. The van der Waals surface area contributed by atoms with Gasteiger partial charge < -0.3 is 10.5 Å². The van der Waals surface area contributed by atoms with E-state index in [4.69, 9.17) is 15.9 Å². The molecule has 0 aliphatic rings. The molecule has 0 fully saturated rings. The van der Waals surface area contributed by atoms with Crippen LogP contribution in [0.5, 0.6) is 5.75 Å². The Kier molecular flexibility index (Phi) is 3.37. The molecule has 0 radical (unpaired) electrons. The number of nitrogens with zero attached hydrogens (tertiary/aromatic N) is 1. The highest BCUT2D eigenvalue weighted by atomic mass is 32.1. The average molecular weight is 297 g/mol. The number of fused-ring (bicyclic) bond motifs is 1. The fourth-order valence-electron chi connectivity index (χ4n) is 1.82. The highest BCUT2D eigenvalue weighted by Crippen LogP contribution is 2.26. The van der Waals surface area contributed by atoms with Gasteiger partial charge in [-0.05, 0) is 24.3 Å². The number of nitrogen functional groups attached to an aromatic ring is 1. The quantitative estimate of drug-likeness (QED) is 0.337. The van der Waals surface area contributed by atoms with Gasteiger partial charge in [0.05, 0.1) is 15.8 Å². The van der Waals surface area contributed by atoms with E-state index >= 15 is 0 Å². The first-order chi connectivity index (χ1) is 10.1. The van der Waals surface area contributed by atoms with Crippen molar-refractivity contribution in [3.8, 4) is 5.75 Å². The molecule has 3 rings (SSSR count). The van der Waals surface area contributed by atoms with Crippen molar-refractivity contribution in [3.63, 3.8) is 0 Å². The lowest BCUT2D eigenvalue weighted by molar-refractivity contribution is 0.0735. The summed E-state index contributed by atoms with van der Waals surface area (Å²) in [7, 11) is 0. The van der Waals surface area contributed by atoms with Crippen LogP contribution in [0.2, 0.25) is 0 Å². The summed E-state index contributed by atoms with van der Waals surface area (Å²) >= 11 is 1.29. The second kappa shape index (κ2) is 5.34. The molecule has 0 aliphatic heterocycles. The summed E-state index contributed by atoms with van der Waals surface area (Å²) in [4.78, 5) is 16.2. The zero-order chi connectivity index (χ0) is 14.8. The minimum Gasteiger partial charge on any atom is -0.423 e. The number of rotatable bonds is 3. The maximum atomic E-state index is 12.0. The molecular weight excluding hydrogens is 286 g/mol. The largest absolute Gasteiger partial charge is 0.423 e. The fraction of sp³-hybridized carbons (Fsp3) is 0. The van der Waals surface area contributed by atoms with Crippen molar-refractivity contribution in [2.24, 2.45) is 5.73 Å². The van der Waals surface area contributed by atoms with Gasteiger partial charge >= 0.3 is 5.97 Å². The van der Waals surface area contributed by atoms with Crippen LogP contribution in [-0.2, 0) is 0 Å². The summed E-state index contributed by atoms with van der Waals surface area (Å²) in [5, 5.41) is 7.84. The van der Waals surface area contributed by atoms with E-state index in [0.29, 0.717) is 16.3 Å². The Balaban J connectivity index is 1.87. The van der Waals surface area contributed by atoms with Crippen LogP contribution in [0.1, 0.15) is 15.4 Å². The number of amidine groups is 1. The molecule has 0 saturated carbocycles. The number of ether oxygens (including phenoxy) is 1. The molecule has 0 aliphatic carbocycles. The normalized spacial score (nSPS) is 10.5. The van der Waals surface area contributed by atoms with Crippen LogP contribution < -0.4 is 10.5 Å². The second-order valence-corrected chi connectivity index (χ2v) is 5.35. The van der Waals surface area contributed by atoms with Gasteiger partial charge in [-0.3, -0.25) is 5.41 Å². The third kappa shape index (κ3) is 2.75. The first-order valence-electron chi connectivity index (χ1n) is 6.16. The smallest absolute Gasteiger partial charge is 0.343 e. The molecule has 0 bridgehead atoms. The Morgan fingerprint density at radius 1 is 1.19 bits per heavy atom. The lowest BCUT2D eigenvalue weighted by Gasteiger charge is -2.03. The molecule has 0 unspecified atom stereocenters. The second-order valence-electron chi connectivity index (χ2n) is 4.32. The van der Waals surface area contributed by atoms with Gasteiger partial charge in [0.1, 0.15) is 5.75 Å². The number of benzene rings is 2. The Hall–Kier alpha value is -2.73. The molecule has 3 aromatic rings. The van der Waals surface area contributed by atoms with Crippen LogP contribution in [-0.4, -0.2) is 16.8 Å². The van der Waals surface area contributed by atoms with Crippen LogP contribution in [0.3, 0.4) is 0 Å². The van der Waals surface area contributed by atoms with Crippen molar-refractivity contribution in [2.75, 3.05) is 0 Å². The molecule has 5 nitrogen and oxygen atoms in total. The zero-order valence-corrected chi connectivity index (χ0v) is 11.7. The molecule has 3 N–H and O–H groups in total. The van der Waals surface area contributed by atoms with Crippen molar-refractivity contribution in [3.05, 3.63) is 59.1 Å². The summed E-state index contributed by atoms with van der Waals surface area (Å²) < 4.78 is 6.15. The Morgan fingerprint density at radius 2 is 1.95 bits per heavy atom. The maximum Gasteiger partial charge on any atom is 0.343 e. The standard InChI is InChI=1S/C15H11N3O2S/c16-13(17)14-18-11-7-6-10(8-12(11)21-14)20-15(19)9-4-2-1-3-5-9/h1-8H,(H3,16,17). The van der Waals surface area contributed by atoms with E-state index < -0.39 is 5.97 Å². The highest BCUT2D eigenvalue weighted by Gasteiger charge is 2.11. The molecule has 1 heterocycles. The van der Waals surface area contributed by atoms with E-state index in [1.165, 1.54) is 11.3 Å². The fourth-order valence-corrected chi connectivity index (χ4v) is 2.68. The molecule has 0 amide bonds. The topological polar surface area (TPSA) is 89.1 Å². The predicted molar refractivity (Wildman–Crippen MR) is 82.0 cm³/mol. The van der Waals surface area contributed by atoms with Gasteiger partial charge in [0.15, 0.2) is 10.8 Å². The third-order valence-corrected chi connectivity index (χ3v) is 3.86. The summed E-state index contributed by atoms with van der Waals surface area (Å²) in [5.74, 6) is -0.0413. The van der Waals surface area contributed by atoms with E-state index in [-0.39, 0.29) is 5.84 Å². The molecule has 104 valence electrons. The van der Waals surface area contributed by atoms with Gasteiger partial charge in [-0.2, -0.15) is 0 Å². The van der Waals surface area contributed by atoms with E-state index in [9.17, 15) is 4.79 Å². The van der Waals surface area contributed by atoms with Gasteiger partial charge in [-0.1, -0.05) is 18.2 Å². The minimum atomic E-state index is -0.411. The Labute approximate surface area is 124 Å². The lowest BCUT2D eigenvalue weighted by atomic mass is 10.2. The van der Waals surface area contributed by atoms with Crippen molar-refractivity contribution < 1.29 is 9.53 Å². The van der Waals surface area contributed by atoms with E-state index in [1.54, 1.807) is 42.5 Å². The number of hydrogen-bond acceptors (Lipinski definition) is 5. The average Bonchev–Trinajstić information content (AvgIpc) is 2.91. The molecule has 0 spiro atoms. The van der Waals surface area contributed by atoms with E-state index in [0.717, 1.165) is 10.2 Å². The van der Waals surface area contributed by atoms with Crippen LogP contribution in [0.4, 0.5) is 0 Å². The number of hydrogen-bond donors (Lipinski definition) is 2. The van der Waals surface area contributed by atoms with Gasteiger partial charge in [0.2, 0.25) is 0 Å². The number of thiazole rings is 1. The number of nitrogens with two attached hydrogens (primary N) is 1. The molecule has 0 saturated heterocycles. The molecule has 21 heavy (non-hydrogen) atoms. The molecular formula is C15H11N3O2S. The van der Waals surface area contributed by atoms with Crippen LogP contribution in [0.15, 0.2) is 48.5 Å². The Morgan fingerprint density at radius 3 is 2.67 bits per heavy atom. The highest BCUT2D eigenvalue weighted by molar-refractivity contribution is 7.20. The number of nitrogens with one attached hydrogen (secondary N) is 1. The Bertz CT molecular complexity index is 827. The SMILES string of the molecule is N=C(N)c1nc2ccc(OC(=O)c3ccccc3)cc2s1. The number of esters is 1. The van der Waals surface area contributed by atoms with Crippen molar-refractivity contribution >= 4 is 33.4 Å².